The first-order valence-electron chi connectivity index (χ1n) is 15.0. The number of rotatable bonds is 11. The molecule has 0 radical (unpaired) electrons. The Bertz CT molecular complexity index is 1980. The molecule has 6 rings (SSSR count). The molecule has 4 aromatic carbocycles. The Labute approximate surface area is 287 Å². The van der Waals surface area contributed by atoms with Crippen molar-refractivity contribution in [2.45, 2.75) is 13.1 Å². The predicted octanol–water partition coefficient (Wildman–Crippen LogP) is 7.22. The highest BCUT2D eigenvalue weighted by Gasteiger charge is 2.15. The van der Waals surface area contributed by atoms with Gasteiger partial charge in [0.05, 0.1) is 44.8 Å². The third-order valence-corrected chi connectivity index (χ3v) is 7.53. The van der Waals surface area contributed by atoms with Crippen LogP contribution in [0.4, 0.5) is 0 Å². The summed E-state index contributed by atoms with van der Waals surface area (Å²) in [4.78, 5) is 32.5. The van der Waals surface area contributed by atoms with E-state index in [2.05, 4.69) is 20.6 Å². The summed E-state index contributed by atoms with van der Waals surface area (Å²) < 4.78 is 26.5. The van der Waals surface area contributed by atoms with Crippen LogP contribution in [0.25, 0.3) is 22.6 Å². The lowest BCUT2D eigenvalue weighted by atomic mass is 10.1. The molecule has 0 spiro atoms. The maximum atomic E-state index is 12.4. The summed E-state index contributed by atoms with van der Waals surface area (Å²) in [5, 5.41) is 6.42. The van der Waals surface area contributed by atoms with Crippen LogP contribution in [0.5, 0.6) is 17.2 Å². The van der Waals surface area contributed by atoms with Gasteiger partial charge in [0.25, 0.3) is 11.8 Å². The Kier molecular flexibility index (Phi) is 11.7. The van der Waals surface area contributed by atoms with Crippen LogP contribution in [0.15, 0.2) is 119 Å². The number of nitrogens with zero attached hydrogens (tertiary/aromatic N) is 2. The van der Waals surface area contributed by atoms with E-state index >= 15 is 0 Å². The fraction of sp³-hybridized carbons (Fsp3) is 0.135. The second kappa shape index (κ2) is 16.7. The van der Waals surface area contributed by atoms with E-state index in [9.17, 15) is 9.59 Å². The molecule has 0 atom stereocenters. The topological polar surface area (TPSA) is 138 Å². The van der Waals surface area contributed by atoms with Crippen LogP contribution in [0.3, 0.4) is 0 Å². The number of benzene rings is 4. The number of carbonyl (C=O) groups is 2. The molecule has 0 aliphatic carbocycles. The number of methoxy groups -OCH3 is 3. The first-order valence-corrected chi connectivity index (χ1v) is 15.3. The largest absolute Gasteiger partial charge is 0.497 e. The van der Waals surface area contributed by atoms with Crippen molar-refractivity contribution in [3.05, 3.63) is 137 Å². The van der Waals surface area contributed by atoms with Gasteiger partial charge in [0.2, 0.25) is 0 Å². The molecule has 0 aliphatic heterocycles. The molecule has 0 unspecified atom stereocenters. The second-order valence-electron chi connectivity index (χ2n) is 10.4. The third-order valence-electron chi connectivity index (χ3n) is 7.28. The maximum absolute atomic E-state index is 12.4. The Hall–Kier alpha value is -6.07. The summed E-state index contributed by atoms with van der Waals surface area (Å²) in [6.07, 6.45) is 5.89. The van der Waals surface area contributed by atoms with Crippen molar-refractivity contribution in [1.29, 1.82) is 0 Å². The molecule has 2 amide bonds. The molecule has 0 bridgehead atoms. The molecule has 0 saturated carbocycles. The standard InChI is InChI=1S/C19H18N2O4.C18H15ClN2O3/c1-23-15-5-3-4-13(8-15)10-21-19(22)14-6-7-16(17(9-14)24-2)18-11-20-12-25-18;1-23-16-8-13(4-7-15(16)17-10-20-11-24-17)18(22)21-9-12-2-5-14(19)6-3-12/h3-9,11-12H,10H2,1-2H3,(H,21,22);2-8,10-11H,9H2,1H3,(H,21,22). The van der Waals surface area contributed by atoms with E-state index in [1.807, 2.05) is 36.4 Å². The van der Waals surface area contributed by atoms with Gasteiger partial charge in [-0.05, 0) is 71.8 Å². The lowest BCUT2D eigenvalue weighted by Crippen LogP contribution is -2.22. The van der Waals surface area contributed by atoms with Crippen LogP contribution in [0.2, 0.25) is 5.02 Å². The van der Waals surface area contributed by atoms with Crippen LogP contribution in [0, 0.1) is 0 Å². The van der Waals surface area contributed by atoms with Gasteiger partial charge in [-0.25, -0.2) is 9.97 Å². The van der Waals surface area contributed by atoms with Crippen molar-refractivity contribution >= 4 is 23.4 Å². The van der Waals surface area contributed by atoms with Crippen LogP contribution in [0.1, 0.15) is 31.8 Å². The number of ether oxygens (including phenoxy) is 3. The first kappa shape index (κ1) is 34.3. The molecular formula is C37H33ClN4O7. The number of aromatic nitrogens is 2. The van der Waals surface area contributed by atoms with Crippen LogP contribution < -0.4 is 24.8 Å². The SMILES string of the molecule is COc1cc(C(=O)NCc2ccc(Cl)cc2)ccc1-c1cnco1.COc1cccc(CNC(=O)c2ccc(-c3cnco3)c(OC)c2)c1. The number of carbonyl (C=O) groups excluding carboxylic acids is 2. The summed E-state index contributed by atoms with van der Waals surface area (Å²) in [6.45, 7) is 0.824. The van der Waals surface area contributed by atoms with E-state index in [-0.39, 0.29) is 11.8 Å². The predicted molar refractivity (Wildman–Crippen MR) is 184 cm³/mol. The minimum atomic E-state index is -0.190. The van der Waals surface area contributed by atoms with Gasteiger partial charge in [-0.1, -0.05) is 35.9 Å². The van der Waals surface area contributed by atoms with Crippen molar-refractivity contribution < 1.29 is 32.6 Å². The van der Waals surface area contributed by atoms with Crippen molar-refractivity contribution in [2.24, 2.45) is 0 Å². The van der Waals surface area contributed by atoms with Crippen molar-refractivity contribution in [2.75, 3.05) is 21.3 Å². The van der Waals surface area contributed by atoms with E-state index in [1.165, 1.54) is 12.8 Å². The van der Waals surface area contributed by atoms with E-state index in [4.69, 9.17) is 34.6 Å². The zero-order valence-electron chi connectivity index (χ0n) is 26.9. The summed E-state index contributed by atoms with van der Waals surface area (Å²) in [5.41, 5.74) is 4.41. The van der Waals surface area contributed by atoms with Crippen molar-refractivity contribution in [1.82, 2.24) is 20.6 Å². The van der Waals surface area contributed by atoms with Gasteiger partial charge in [-0.3, -0.25) is 9.59 Å². The highest BCUT2D eigenvalue weighted by atomic mass is 35.5. The average molecular weight is 681 g/mol. The lowest BCUT2D eigenvalue weighted by Gasteiger charge is -2.10. The van der Waals surface area contributed by atoms with Gasteiger partial charge in [-0.15, -0.1) is 0 Å². The second-order valence-corrected chi connectivity index (χ2v) is 10.8. The maximum Gasteiger partial charge on any atom is 0.251 e. The number of hydrogen-bond donors (Lipinski definition) is 2. The molecule has 0 saturated heterocycles. The third kappa shape index (κ3) is 9.05. The van der Waals surface area contributed by atoms with Crippen LogP contribution in [-0.2, 0) is 13.1 Å². The minimum absolute atomic E-state index is 0.188. The van der Waals surface area contributed by atoms with E-state index < -0.39 is 0 Å². The molecule has 6 aromatic rings. The van der Waals surface area contributed by atoms with Gasteiger partial charge in [0.1, 0.15) is 17.2 Å². The summed E-state index contributed by atoms with van der Waals surface area (Å²) in [7, 11) is 4.71. The average Bonchev–Trinajstić information content (AvgIpc) is 3.89. The molecule has 49 heavy (non-hydrogen) atoms. The highest BCUT2D eigenvalue weighted by molar-refractivity contribution is 6.30. The van der Waals surface area contributed by atoms with Gasteiger partial charge in [0.15, 0.2) is 24.3 Å². The molecule has 250 valence electrons. The van der Waals surface area contributed by atoms with Gasteiger partial charge >= 0.3 is 0 Å². The Morgan fingerprint density at radius 2 is 1.18 bits per heavy atom. The summed E-state index contributed by atoms with van der Waals surface area (Å²) >= 11 is 5.85. The zero-order valence-corrected chi connectivity index (χ0v) is 27.7. The first-order chi connectivity index (χ1) is 23.9. The molecule has 12 heteroatoms. The fourth-order valence-electron chi connectivity index (χ4n) is 4.72. The molecule has 2 heterocycles. The van der Waals surface area contributed by atoms with Crippen molar-refractivity contribution in [3.8, 4) is 39.9 Å². The summed E-state index contributed by atoms with van der Waals surface area (Å²) in [5.74, 6) is 2.64. The highest BCUT2D eigenvalue weighted by Crippen LogP contribution is 2.31. The molecule has 0 aliphatic rings. The normalized spacial score (nSPS) is 10.4. The number of amides is 2. The number of oxazole rings is 2. The zero-order chi connectivity index (χ0) is 34.6. The van der Waals surface area contributed by atoms with Gasteiger partial charge < -0.3 is 33.7 Å². The fourth-order valence-corrected chi connectivity index (χ4v) is 4.85. The van der Waals surface area contributed by atoms with Crippen molar-refractivity contribution in [3.63, 3.8) is 0 Å². The molecule has 2 N–H and O–H groups in total. The number of hydrogen-bond acceptors (Lipinski definition) is 9. The quantitative estimate of drug-likeness (QED) is 0.145. The number of halogens is 1. The van der Waals surface area contributed by atoms with Gasteiger partial charge in [-0.2, -0.15) is 0 Å². The smallest absolute Gasteiger partial charge is 0.251 e. The molecule has 2 aromatic heterocycles. The van der Waals surface area contributed by atoms with E-state index in [0.717, 1.165) is 28.0 Å². The van der Waals surface area contributed by atoms with Crippen LogP contribution >= 0.6 is 11.6 Å². The van der Waals surface area contributed by atoms with E-state index in [1.54, 1.807) is 82.3 Å². The Balaban J connectivity index is 0.000000191. The van der Waals surface area contributed by atoms with Crippen LogP contribution in [-0.4, -0.2) is 43.1 Å². The van der Waals surface area contributed by atoms with E-state index in [0.29, 0.717) is 52.3 Å². The Morgan fingerprint density at radius 3 is 1.65 bits per heavy atom. The molecule has 0 fully saturated rings. The summed E-state index contributed by atoms with van der Waals surface area (Å²) in [6, 6.07) is 25.2. The molecule has 11 nitrogen and oxygen atoms in total. The monoisotopic (exact) mass is 680 g/mol. The lowest BCUT2D eigenvalue weighted by molar-refractivity contribution is 0.0942. The molecular weight excluding hydrogens is 648 g/mol. The van der Waals surface area contributed by atoms with Gasteiger partial charge in [0, 0.05) is 29.2 Å². The minimum Gasteiger partial charge on any atom is -0.497 e. The Morgan fingerprint density at radius 1 is 0.653 bits per heavy atom. The number of nitrogens with one attached hydrogen (secondary N) is 2.